The Morgan fingerprint density at radius 1 is 1.30 bits per heavy atom. The topological polar surface area (TPSA) is 0 Å². The predicted molar refractivity (Wildman–Crippen MR) is 49.1 cm³/mol. The van der Waals surface area contributed by atoms with Crippen LogP contribution in [0, 0.1) is 0 Å². The Bertz CT molecular complexity index is 224. The summed E-state index contributed by atoms with van der Waals surface area (Å²) in [7, 11) is 0. The van der Waals surface area contributed by atoms with Crippen molar-refractivity contribution in [2.45, 2.75) is 6.92 Å². The van der Waals surface area contributed by atoms with Gasteiger partial charge in [-0.3, -0.25) is 0 Å². The first-order chi connectivity index (χ1) is 4.84. The van der Waals surface area contributed by atoms with Crippen LogP contribution in [-0.2, 0) is 0 Å². The highest BCUT2D eigenvalue weighted by Gasteiger charge is 1.89. The zero-order chi connectivity index (χ0) is 7.40. The fourth-order valence-electron chi connectivity index (χ4n) is 0.776. The van der Waals surface area contributed by atoms with Crippen molar-refractivity contribution in [3.8, 4) is 0 Å². The highest BCUT2D eigenvalue weighted by molar-refractivity contribution is 7.90. The molecule has 0 spiro atoms. The van der Waals surface area contributed by atoms with Crippen molar-refractivity contribution in [3.63, 3.8) is 0 Å². The van der Waals surface area contributed by atoms with E-state index in [4.69, 9.17) is 0 Å². The summed E-state index contributed by atoms with van der Waals surface area (Å²) in [6, 6.07) is 10.1. The molecule has 1 aromatic carbocycles. The van der Waals surface area contributed by atoms with Crippen LogP contribution >= 0.6 is 12.6 Å². The number of thiol groups is 1. The maximum atomic E-state index is 4.28. The first kappa shape index (κ1) is 7.42. The molecule has 0 aliphatic heterocycles. The minimum Gasteiger partial charge on any atom is -0.143 e. The van der Waals surface area contributed by atoms with E-state index in [9.17, 15) is 0 Å². The maximum Gasteiger partial charge on any atom is 0.00697 e. The molecule has 0 radical (unpaired) electrons. The molecule has 1 aromatic rings. The van der Waals surface area contributed by atoms with E-state index in [1.54, 1.807) is 0 Å². The van der Waals surface area contributed by atoms with Gasteiger partial charge in [-0.15, -0.1) is 12.6 Å². The highest BCUT2D eigenvalue weighted by atomic mass is 32.1. The summed E-state index contributed by atoms with van der Waals surface area (Å²) >= 11 is 4.28. The van der Waals surface area contributed by atoms with Gasteiger partial charge in [0.05, 0.1) is 0 Å². The van der Waals surface area contributed by atoms with E-state index in [1.807, 2.05) is 43.3 Å². The smallest absolute Gasteiger partial charge is 0.00697 e. The van der Waals surface area contributed by atoms with Crippen LogP contribution in [0.4, 0.5) is 0 Å². The minimum atomic E-state index is 1.03. The van der Waals surface area contributed by atoms with Gasteiger partial charge in [0.15, 0.2) is 0 Å². The molecule has 1 heteroatoms. The van der Waals surface area contributed by atoms with E-state index >= 15 is 0 Å². The van der Waals surface area contributed by atoms with Crippen molar-refractivity contribution in [2.75, 3.05) is 0 Å². The van der Waals surface area contributed by atoms with Gasteiger partial charge >= 0.3 is 0 Å². The van der Waals surface area contributed by atoms with Crippen molar-refractivity contribution in [2.24, 2.45) is 0 Å². The Hall–Kier alpha value is -0.690. The van der Waals surface area contributed by atoms with E-state index < -0.39 is 0 Å². The van der Waals surface area contributed by atoms with Crippen molar-refractivity contribution in [1.82, 2.24) is 0 Å². The Labute approximate surface area is 67.0 Å². The normalized spacial score (nSPS) is 11.6. The van der Waals surface area contributed by atoms with Gasteiger partial charge in [0.25, 0.3) is 0 Å². The van der Waals surface area contributed by atoms with Crippen LogP contribution < -0.4 is 0 Å². The summed E-state index contributed by atoms with van der Waals surface area (Å²) in [5, 5.41) is 0. The molecule has 0 amide bonds. The number of allylic oxidation sites excluding steroid dienone is 1. The van der Waals surface area contributed by atoms with Gasteiger partial charge < -0.3 is 0 Å². The van der Waals surface area contributed by atoms with E-state index in [2.05, 4.69) is 12.6 Å². The quantitative estimate of drug-likeness (QED) is 0.584. The molecule has 0 bridgehead atoms. The van der Waals surface area contributed by atoms with Gasteiger partial charge in [0.2, 0.25) is 0 Å². The zero-order valence-corrected chi connectivity index (χ0v) is 6.81. The molecule has 0 heterocycles. The van der Waals surface area contributed by atoms with Crippen LogP contribution in [-0.4, -0.2) is 0 Å². The standard InChI is InChI=1S/C9H10S/c1-2-9(10)8-6-4-3-5-7-8/h2-7,10H,1H3. The fraction of sp³-hybridized carbons (Fsp3) is 0.111. The van der Waals surface area contributed by atoms with Crippen LogP contribution in [0.5, 0.6) is 0 Å². The Kier molecular flexibility index (Phi) is 2.57. The maximum absolute atomic E-state index is 4.28. The number of hydrogen-bond acceptors (Lipinski definition) is 1. The molecule has 0 saturated carbocycles. The van der Waals surface area contributed by atoms with Crippen LogP contribution in [0.25, 0.3) is 4.91 Å². The largest absolute Gasteiger partial charge is 0.143 e. The number of hydrogen-bond donors (Lipinski definition) is 1. The molecule has 0 fully saturated rings. The number of rotatable bonds is 1. The summed E-state index contributed by atoms with van der Waals surface area (Å²) in [5.41, 5.74) is 1.17. The first-order valence-electron chi connectivity index (χ1n) is 3.25. The molecule has 52 valence electrons. The predicted octanol–water partition coefficient (Wildman–Crippen LogP) is 2.98. The minimum absolute atomic E-state index is 1.03. The van der Waals surface area contributed by atoms with Crippen LogP contribution in [0.1, 0.15) is 12.5 Å². The second-order valence-corrected chi connectivity index (χ2v) is 2.52. The Morgan fingerprint density at radius 3 is 2.40 bits per heavy atom. The lowest BCUT2D eigenvalue weighted by molar-refractivity contribution is 1.63. The fourth-order valence-corrected chi connectivity index (χ4v) is 0.925. The average molecular weight is 150 g/mol. The molecule has 0 N–H and O–H groups in total. The second-order valence-electron chi connectivity index (χ2n) is 2.04. The van der Waals surface area contributed by atoms with E-state index in [0.717, 1.165) is 4.91 Å². The van der Waals surface area contributed by atoms with Gasteiger partial charge in [-0.1, -0.05) is 36.4 Å². The monoisotopic (exact) mass is 150 g/mol. The average Bonchev–Trinajstić information content (AvgIpc) is 2.05. The van der Waals surface area contributed by atoms with E-state index in [-0.39, 0.29) is 0 Å². The summed E-state index contributed by atoms with van der Waals surface area (Å²) in [6.07, 6.45) is 1.98. The lowest BCUT2D eigenvalue weighted by atomic mass is 10.2. The SMILES string of the molecule is CC=C(S)c1ccccc1. The van der Waals surface area contributed by atoms with E-state index in [1.165, 1.54) is 5.56 Å². The van der Waals surface area contributed by atoms with Gasteiger partial charge in [-0.2, -0.15) is 0 Å². The summed E-state index contributed by atoms with van der Waals surface area (Å²) in [6.45, 7) is 1.98. The van der Waals surface area contributed by atoms with Gasteiger partial charge in [-0.25, -0.2) is 0 Å². The molecule has 0 saturated heterocycles. The number of benzene rings is 1. The molecule has 0 nitrogen and oxygen atoms in total. The lowest BCUT2D eigenvalue weighted by Gasteiger charge is -1.96. The summed E-state index contributed by atoms with van der Waals surface area (Å²) < 4.78 is 0. The van der Waals surface area contributed by atoms with Crippen LogP contribution in [0.3, 0.4) is 0 Å². The third kappa shape index (κ3) is 1.64. The van der Waals surface area contributed by atoms with Crippen molar-refractivity contribution < 1.29 is 0 Å². The Balaban J connectivity index is 2.96. The van der Waals surface area contributed by atoms with Crippen LogP contribution in [0.15, 0.2) is 36.4 Å². The summed E-state index contributed by atoms with van der Waals surface area (Å²) in [4.78, 5) is 1.03. The molecule has 10 heavy (non-hydrogen) atoms. The molecule has 0 unspecified atom stereocenters. The molecular weight excluding hydrogens is 140 g/mol. The molecule has 0 aliphatic carbocycles. The van der Waals surface area contributed by atoms with Crippen molar-refractivity contribution in [3.05, 3.63) is 42.0 Å². The van der Waals surface area contributed by atoms with Crippen LogP contribution in [0.2, 0.25) is 0 Å². The lowest BCUT2D eigenvalue weighted by Crippen LogP contribution is -1.72. The zero-order valence-electron chi connectivity index (χ0n) is 5.91. The molecule has 1 rings (SSSR count). The third-order valence-corrected chi connectivity index (χ3v) is 1.86. The van der Waals surface area contributed by atoms with Gasteiger partial charge in [-0.05, 0) is 12.5 Å². The summed E-state index contributed by atoms with van der Waals surface area (Å²) in [5.74, 6) is 0. The third-order valence-electron chi connectivity index (χ3n) is 1.34. The molecule has 0 aromatic heterocycles. The Morgan fingerprint density at radius 2 is 1.90 bits per heavy atom. The molecule has 0 atom stereocenters. The molecule has 0 aliphatic rings. The van der Waals surface area contributed by atoms with Crippen molar-refractivity contribution >= 4 is 17.5 Å². The van der Waals surface area contributed by atoms with Crippen molar-refractivity contribution in [1.29, 1.82) is 0 Å². The van der Waals surface area contributed by atoms with E-state index in [0.29, 0.717) is 0 Å². The first-order valence-corrected chi connectivity index (χ1v) is 3.70. The highest BCUT2D eigenvalue weighted by Crippen LogP contribution is 2.16. The van der Waals surface area contributed by atoms with Gasteiger partial charge in [0, 0.05) is 4.91 Å². The second kappa shape index (κ2) is 3.47. The molecular formula is C9H10S. The van der Waals surface area contributed by atoms with Gasteiger partial charge in [0.1, 0.15) is 0 Å².